The minimum Gasteiger partial charge on any atom is -0.756 e. The highest BCUT2D eigenvalue weighted by Crippen LogP contribution is 2.68. The molecule has 3 fully saturated rings. The summed E-state index contributed by atoms with van der Waals surface area (Å²) >= 11 is 0. The van der Waals surface area contributed by atoms with Crippen LogP contribution in [0.2, 0.25) is 0 Å². The number of nitrogens with two attached hydrogens (primary N) is 2. The first-order valence-corrected chi connectivity index (χ1v) is 27.0. The number of aromatic amines is 2. The quantitative estimate of drug-likeness (QED) is 0.0248. The Balaban J connectivity index is 0.915. The van der Waals surface area contributed by atoms with E-state index in [1.807, 2.05) is 4.98 Å². The van der Waals surface area contributed by atoms with Crippen LogP contribution in [0.1, 0.15) is 31.5 Å². The van der Waals surface area contributed by atoms with Gasteiger partial charge in [-0.3, -0.25) is 42.3 Å². The van der Waals surface area contributed by atoms with Crippen molar-refractivity contribution in [1.82, 2.24) is 43.6 Å². The Bertz CT molecular complexity index is 3230. The lowest BCUT2D eigenvalue weighted by Crippen LogP contribution is -2.37. The van der Waals surface area contributed by atoms with Gasteiger partial charge in [-0.25, -0.2) is 38.0 Å². The number of aryl methyl sites for hydroxylation is 1. The number of nitrogen functional groups attached to an aromatic ring is 2. The maximum atomic E-state index is 13.3. The largest absolute Gasteiger partial charge is 0.756 e. The lowest BCUT2D eigenvalue weighted by atomic mass is 9.95. The van der Waals surface area contributed by atoms with E-state index in [-0.39, 0.29) is 47.1 Å². The lowest BCUT2D eigenvalue weighted by Gasteiger charge is -2.29. The number of nitrogens with one attached hydrogen (secondary N) is 2. The second kappa shape index (κ2) is 21.2. The van der Waals surface area contributed by atoms with Crippen molar-refractivity contribution in [3.63, 3.8) is 0 Å². The summed E-state index contributed by atoms with van der Waals surface area (Å²) in [7, 11) is -20.5. The van der Waals surface area contributed by atoms with Crippen LogP contribution in [0, 0.1) is 5.92 Å². The molecule has 3 aliphatic heterocycles. The number of ether oxygens (including phenoxy) is 4. The molecule has 3 saturated heterocycles. The molecule has 40 heteroatoms. The van der Waals surface area contributed by atoms with E-state index in [4.69, 9.17) is 48.5 Å². The number of H-pyrrole nitrogens is 2. The van der Waals surface area contributed by atoms with Gasteiger partial charge < -0.3 is 74.4 Å². The number of rotatable bonds is 21. The molecule has 0 saturated carbocycles. The number of methoxy groups -OCH3 is 1. The van der Waals surface area contributed by atoms with Gasteiger partial charge in [-0.05, 0) is 6.42 Å². The number of aliphatic hydroxyl groups excluding tert-OH is 3. The first-order valence-electron chi connectivity index (χ1n) is 21.1. The SMILES string of the molecule is COCC[C@H]1[C@@H](O)[C@H](n2c[n+](C)c3c(=O)[nH]c(N)nc32)O[C@@H]1COP(=O)(O)OP(=O)(O)OP(=O)(O)OC[C@H]1O[C@@H](n2cnc3c(N)ncnc32)C[C@@H]1OP(=O)([O-])OC[C@H]1O[C@@H](n2ccc(=O)[nH]c2=O)[C@H](O)[C@@H]1O. The van der Waals surface area contributed by atoms with Crippen LogP contribution in [0.25, 0.3) is 22.3 Å². The first kappa shape index (κ1) is 54.7. The Kier molecular flexibility index (Phi) is 15.9. The predicted octanol–water partition coefficient (Wildman–Crippen LogP) is -3.84. The van der Waals surface area contributed by atoms with Crippen molar-refractivity contribution in [2.24, 2.45) is 13.0 Å². The van der Waals surface area contributed by atoms with Gasteiger partial charge in [-0.2, -0.15) is 18.2 Å². The molecule has 15 atom stereocenters. The number of nitrogens with zero attached hydrogens (tertiary/aromatic N) is 8. The Morgan fingerprint density at radius 3 is 2.16 bits per heavy atom. The van der Waals surface area contributed by atoms with Crippen molar-refractivity contribution in [3.05, 3.63) is 62.4 Å². The van der Waals surface area contributed by atoms with E-state index < -0.39 is 142 Å². The highest BCUT2D eigenvalue weighted by Gasteiger charge is 2.51. The van der Waals surface area contributed by atoms with E-state index in [1.54, 1.807) is 0 Å². The average molecular weight is 1120 g/mol. The zero-order valence-corrected chi connectivity index (χ0v) is 41.1. The molecular weight excluding hydrogens is 1070 g/mol. The van der Waals surface area contributed by atoms with E-state index >= 15 is 0 Å². The molecule has 8 heterocycles. The minimum absolute atomic E-state index is 0.00504. The number of imidazole rings is 2. The normalized spacial score (nSPS) is 29.8. The molecule has 402 valence electrons. The molecule has 3 aliphatic rings. The molecule has 4 unspecified atom stereocenters. The molecule has 0 amide bonds. The Hall–Kier alpha value is -4.58. The number of hydrogen-bond donors (Lipinski definition) is 10. The van der Waals surface area contributed by atoms with Gasteiger partial charge in [-0.15, -0.1) is 0 Å². The third-order valence-corrected chi connectivity index (χ3v) is 16.7. The van der Waals surface area contributed by atoms with Crippen LogP contribution in [-0.2, 0) is 71.0 Å². The Morgan fingerprint density at radius 2 is 1.48 bits per heavy atom. The third kappa shape index (κ3) is 12.1. The molecule has 0 spiro atoms. The van der Waals surface area contributed by atoms with Crippen LogP contribution in [0.3, 0.4) is 0 Å². The van der Waals surface area contributed by atoms with Crippen LogP contribution >= 0.6 is 31.3 Å². The summed E-state index contributed by atoms with van der Waals surface area (Å²) in [6.07, 6.45) is -11.4. The summed E-state index contributed by atoms with van der Waals surface area (Å²) in [4.78, 5) is 101. The smallest absolute Gasteiger partial charge is 0.490 e. The summed E-state index contributed by atoms with van der Waals surface area (Å²) in [5.41, 5.74) is 9.40. The molecule has 0 aliphatic carbocycles. The van der Waals surface area contributed by atoms with Gasteiger partial charge in [0.15, 0.2) is 17.7 Å². The maximum Gasteiger partial charge on any atom is 0.490 e. The van der Waals surface area contributed by atoms with Gasteiger partial charge >= 0.3 is 34.7 Å². The third-order valence-electron chi connectivity index (χ3n) is 11.5. The van der Waals surface area contributed by atoms with E-state index in [2.05, 4.69) is 33.5 Å². The second-order valence-electron chi connectivity index (χ2n) is 16.3. The van der Waals surface area contributed by atoms with Gasteiger partial charge in [0.2, 0.25) is 18.5 Å². The highest BCUT2D eigenvalue weighted by atomic mass is 31.3. The molecule has 0 aromatic carbocycles. The van der Waals surface area contributed by atoms with Gasteiger partial charge in [0.1, 0.15) is 48.6 Å². The monoisotopic (exact) mass is 1120 g/mol. The number of aromatic nitrogens is 10. The van der Waals surface area contributed by atoms with Gasteiger partial charge in [0.05, 0.1) is 45.4 Å². The van der Waals surface area contributed by atoms with Crippen LogP contribution < -0.4 is 37.7 Å². The Morgan fingerprint density at radius 1 is 0.822 bits per heavy atom. The molecule has 36 nitrogen and oxygen atoms in total. The van der Waals surface area contributed by atoms with E-state index in [1.165, 1.54) is 40.5 Å². The molecule has 0 bridgehead atoms. The predicted molar refractivity (Wildman–Crippen MR) is 233 cm³/mol. The number of phosphoric acid groups is 4. The maximum absolute atomic E-state index is 13.3. The van der Waals surface area contributed by atoms with Crippen molar-refractivity contribution in [2.75, 3.05) is 45.0 Å². The van der Waals surface area contributed by atoms with Gasteiger partial charge in [0.25, 0.3) is 24.5 Å². The van der Waals surface area contributed by atoms with Crippen molar-refractivity contribution in [3.8, 4) is 0 Å². The van der Waals surface area contributed by atoms with Crippen molar-refractivity contribution >= 4 is 65.4 Å². The highest BCUT2D eigenvalue weighted by molar-refractivity contribution is 7.66. The molecule has 0 radical (unpaired) electrons. The first-order chi connectivity index (χ1) is 34.3. The molecule has 8 rings (SSSR count). The van der Waals surface area contributed by atoms with Crippen molar-refractivity contribution < 1.29 is 103 Å². The van der Waals surface area contributed by atoms with Crippen molar-refractivity contribution in [2.45, 2.75) is 74.3 Å². The summed E-state index contributed by atoms with van der Waals surface area (Å²) in [5.74, 6) is -1.25. The summed E-state index contributed by atoms with van der Waals surface area (Å²) < 4.78 is 108. The standard InChI is InChI=1S/C33H46N12O24P4/c1-42-13-45(28-22(42)29(50)41-32(35)40-28)30-23(47)14(4-6-60-2)16(65-30)8-62-71(54,55)68-73(58,59)69-72(56,57)63-9-17-15(7-20(64-17)44-12-38-21-26(34)36-11-37-27(21)44)67-70(52,53)61-10-18-24(48)25(49)31(66-18)43-5-3-19(46)39-33(43)51/h3,5,11-18,20,23-25,30-31,47-49H,4,6-10H2,1-2H3,(H9-,34,35,36,37,39,40,41,46,50,51,52,53,54,55,56,57,58,59)/t14-,15+,16-,17-,18-,20-,23-,24-,25-,30-,31-/m1/s1. The number of phosphoric ester groups is 3. The Labute approximate surface area is 406 Å². The van der Waals surface area contributed by atoms with Crippen LogP contribution in [0.4, 0.5) is 11.8 Å². The summed E-state index contributed by atoms with van der Waals surface area (Å²) in [6, 6.07) is 0.924. The lowest BCUT2D eigenvalue weighted by molar-refractivity contribution is -0.646. The topological polar surface area (TPSA) is 510 Å². The molecular formula is C33H46N12O24P4. The molecule has 12 N–H and O–H groups in total. The van der Waals surface area contributed by atoms with Crippen molar-refractivity contribution in [1.29, 1.82) is 0 Å². The van der Waals surface area contributed by atoms with Gasteiger partial charge in [-0.1, -0.05) is 0 Å². The fourth-order valence-corrected chi connectivity index (χ4v) is 12.7. The number of fused-ring (bicyclic) bond motifs is 2. The van der Waals surface area contributed by atoms with E-state index in [9.17, 15) is 67.5 Å². The second-order valence-corrected chi connectivity index (χ2v) is 22.3. The van der Waals surface area contributed by atoms with Crippen LogP contribution in [0.5, 0.6) is 0 Å². The minimum atomic E-state index is -6.14. The van der Waals surface area contributed by atoms with E-state index in [0.717, 1.165) is 23.2 Å². The van der Waals surface area contributed by atoms with Crippen LogP contribution in [-0.4, -0.2) is 150 Å². The number of aliphatic hydroxyl groups is 3. The zero-order valence-electron chi connectivity index (χ0n) is 37.5. The van der Waals surface area contributed by atoms with Crippen LogP contribution in [0.15, 0.2) is 45.6 Å². The average Bonchev–Trinajstić information content (AvgIpc) is 4.10. The van der Waals surface area contributed by atoms with Gasteiger partial charge in [0, 0.05) is 38.3 Å². The zero-order chi connectivity index (χ0) is 52.9. The molecule has 5 aromatic rings. The summed E-state index contributed by atoms with van der Waals surface area (Å²) in [5, 5.41) is 32.5. The fraction of sp³-hybridized carbons (Fsp3) is 0.576. The molecule has 73 heavy (non-hydrogen) atoms. The fourth-order valence-electron chi connectivity index (χ4n) is 8.21. The summed E-state index contributed by atoms with van der Waals surface area (Å²) in [6.45, 7) is -3.12. The van der Waals surface area contributed by atoms with E-state index in [0.29, 0.717) is 0 Å². The number of hydrogen-bond acceptors (Lipinski definition) is 27. The number of anilines is 2. The molecule has 5 aromatic heterocycles.